The van der Waals surface area contributed by atoms with Gasteiger partial charge in [-0.05, 0) is 30.7 Å². The van der Waals surface area contributed by atoms with Crippen molar-refractivity contribution < 1.29 is 9.53 Å². The summed E-state index contributed by atoms with van der Waals surface area (Å²) in [6.45, 7) is 2.00. The maximum absolute atomic E-state index is 11.9. The molecule has 18 heavy (non-hydrogen) atoms. The van der Waals surface area contributed by atoms with Crippen LogP contribution in [0.5, 0.6) is 0 Å². The summed E-state index contributed by atoms with van der Waals surface area (Å²) in [4.78, 5) is 15.9. The number of para-hydroxylation sites is 1. The molecule has 1 aromatic heterocycles. The van der Waals surface area contributed by atoms with E-state index in [0.717, 1.165) is 5.56 Å². The Bertz CT molecular complexity index is 553. The number of benzene rings is 1. The molecule has 0 atom stereocenters. The largest absolute Gasteiger partial charge is 0.456 e. The summed E-state index contributed by atoms with van der Waals surface area (Å²) in [5, 5.41) is 0. The topological polar surface area (TPSA) is 65.2 Å². The third-order valence-electron chi connectivity index (χ3n) is 2.62. The molecule has 0 bridgehead atoms. The third-order valence-corrected chi connectivity index (χ3v) is 2.62. The van der Waals surface area contributed by atoms with Crippen LogP contribution in [0.4, 0.5) is 5.69 Å². The highest BCUT2D eigenvalue weighted by Gasteiger charge is 2.12. The molecule has 0 spiro atoms. The first-order valence-electron chi connectivity index (χ1n) is 5.60. The number of carbonyl (C=O) groups is 1. The highest BCUT2D eigenvalue weighted by Crippen LogP contribution is 2.17. The zero-order valence-electron chi connectivity index (χ0n) is 10.1. The number of hydrogen-bond donors (Lipinski definition) is 1. The van der Waals surface area contributed by atoms with Gasteiger partial charge >= 0.3 is 5.97 Å². The molecule has 0 fully saturated rings. The second kappa shape index (κ2) is 5.31. The molecule has 4 nitrogen and oxygen atoms in total. The molecule has 0 aliphatic rings. The number of nitrogens with two attached hydrogens (primary N) is 1. The smallest absolute Gasteiger partial charge is 0.340 e. The molecule has 2 N–H and O–H groups in total. The molecule has 0 aliphatic carbocycles. The molecule has 1 aromatic carbocycles. The lowest BCUT2D eigenvalue weighted by Crippen LogP contribution is -2.09. The van der Waals surface area contributed by atoms with Crippen LogP contribution in [0.25, 0.3) is 0 Å². The predicted octanol–water partition coefficient (Wildman–Crippen LogP) is 2.33. The normalized spacial score (nSPS) is 10.1. The van der Waals surface area contributed by atoms with Gasteiger partial charge < -0.3 is 10.5 Å². The van der Waals surface area contributed by atoms with Crippen molar-refractivity contribution >= 4 is 11.7 Å². The van der Waals surface area contributed by atoms with Crippen LogP contribution in [0.2, 0.25) is 0 Å². The van der Waals surface area contributed by atoms with Crippen molar-refractivity contribution in [2.75, 3.05) is 5.73 Å². The number of esters is 1. The van der Waals surface area contributed by atoms with E-state index < -0.39 is 5.97 Å². The van der Waals surface area contributed by atoms with Gasteiger partial charge in [0.1, 0.15) is 6.61 Å². The van der Waals surface area contributed by atoms with Gasteiger partial charge in [0, 0.05) is 11.9 Å². The zero-order valence-corrected chi connectivity index (χ0v) is 10.1. The molecule has 0 saturated heterocycles. The minimum atomic E-state index is -0.429. The molecule has 0 amide bonds. The average molecular weight is 242 g/mol. The Labute approximate surface area is 105 Å². The standard InChI is InChI=1S/C14H14N2O2/c1-10-5-4-7-12(13(10)15)14(17)18-9-11-6-2-3-8-16-11/h2-8H,9,15H2,1H3. The first-order chi connectivity index (χ1) is 8.68. The fraction of sp³-hybridized carbons (Fsp3) is 0.143. The lowest BCUT2D eigenvalue weighted by Gasteiger charge is -2.08. The Morgan fingerprint density at radius 1 is 1.28 bits per heavy atom. The van der Waals surface area contributed by atoms with Crippen LogP contribution in [0.1, 0.15) is 21.6 Å². The van der Waals surface area contributed by atoms with Crippen LogP contribution in [0, 0.1) is 6.92 Å². The molecule has 0 aliphatic heterocycles. The first-order valence-corrected chi connectivity index (χ1v) is 5.60. The zero-order chi connectivity index (χ0) is 13.0. The molecule has 0 unspecified atom stereocenters. The maximum Gasteiger partial charge on any atom is 0.340 e. The van der Waals surface area contributed by atoms with E-state index in [9.17, 15) is 4.79 Å². The van der Waals surface area contributed by atoms with E-state index in [2.05, 4.69) is 4.98 Å². The molecular formula is C14H14N2O2. The fourth-order valence-corrected chi connectivity index (χ4v) is 1.56. The molecule has 0 saturated carbocycles. The van der Waals surface area contributed by atoms with Crippen molar-refractivity contribution in [3.05, 3.63) is 59.4 Å². The van der Waals surface area contributed by atoms with E-state index in [1.807, 2.05) is 25.1 Å². The van der Waals surface area contributed by atoms with Gasteiger partial charge in [0.2, 0.25) is 0 Å². The molecule has 92 valence electrons. The number of pyridine rings is 1. The SMILES string of the molecule is Cc1cccc(C(=O)OCc2ccccn2)c1N. The van der Waals surface area contributed by atoms with E-state index in [4.69, 9.17) is 10.5 Å². The minimum Gasteiger partial charge on any atom is -0.456 e. The average Bonchev–Trinajstić information content (AvgIpc) is 2.40. The van der Waals surface area contributed by atoms with E-state index in [-0.39, 0.29) is 6.61 Å². The molecule has 2 aromatic rings. The number of nitrogens with zero attached hydrogens (tertiary/aromatic N) is 1. The van der Waals surface area contributed by atoms with Crippen molar-refractivity contribution in [1.82, 2.24) is 4.98 Å². The molecule has 2 rings (SSSR count). The number of aryl methyl sites for hydroxylation is 1. The van der Waals surface area contributed by atoms with Gasteiger partial charge in [-0.1, -0.05) is 18.2 Å². The van der Waals surface area contributed by atoms with Gasteiger partial charge in [0.05, 0.1) is 11.3 Å². The molecular weight excluding hydrogens is 228 g/mol. The number of ether oxygens (including phenoxy) is 1. The Hall–Kier alpha value is -2.36. The van der Waals surface area contributed by atoms with Crippen molar-refractivity contribution in [3.8, 4) is 0 Å². The monoisotopic (exact) mass is 242 g/mol. The molecule has 4 heteroatoms. The molecule has 1 heterocycles. The summed E-state index contributed by atoms with van der Waals surface area (Å²) in [5.41, 5.74) is 8.26. The summed E-state index contributed by atoms with van der Waals surface area (Å²) >= 11 is 0. The fourth-order valence-electron chi connectivity index (χ4n) is 1.56. The summed E-state index contributed by atoms with van der Waals surface area (Å²) in [5.74, 6) is -0.429. The summed E-state index contributed by atoms with van der Waals surface area (Å²) in [7, 11) is 0. The molecule has 0 radical (unpaired) electrons. The minimum absolute atomic E-state index is 0.146. The first kappa shape index (κ1) is 12.1. The Balaban J connectivity index is 2.07. The Morgan fingerprint density at radius 3 is 2.83 bits per heavy atom. The summed E-state index contributed by atoms with van der Waals surface area (Å²) in [6.07, 6.45) is 1.66. The van der Waals surface area contributed by atoms with Crippen LogP contribution in [0.15, 0.2) is 42.6 Å². The van der Waals surface area contributed by atoms with Gasteiger partial charge in [-0.3, -0.25) is 4.98 Å². The van der Waals surface area contributed by atoms with E-state index in [1.54, 1.807) is 24.4 Å². The predicted molar refractivity (Wildman–Crippen MR) is 68.9 cm³/mol. The van der Waals surface area contributed by atoms with Crippen molar-refractivity contribution in [3.63, 3.8) is 0 Å². The van der Waals surface area contributed by atoms with Crippen molar-refractivity contribution in [2.45, 2.75) is 13.5 Å². The number of nitrogen functional groups attached to an aromatic ring is 1. The maximum atomic E-state index is 11.9. The highest BCUT2D eigenvalue weighted by molar-refractivity contribution is 5.95. The van der Waals surface area contributed by atoms with Crippen molar-refractivity contribution in [2.24, 2.45) is 0 Å². The quantitative estimate of drug-likeness (QED) is 0.662. The van der Waals surface area contributed by atoms with Gasteiger partial charge in [-0.2, -0.15) is 0 Å². The lowest BCUT2D eigenvalue weighted by atomic mass is 10.1. The van der Waals surface area contributed by atoms with Crippen LogP contribution in [-0.4, -0.2) is 11.0 Å². The lowest BCUT2D eigenvalue weighted by molar-refractivity contribution is 0.0469. The summed E-state index contributed by atoms with van der Waals surface area (Å²) < 4.78 is 5.17. The van der Waals surface area contributed by atoms with Crippen LogP contribution in [-0.2, 0) is 11.3 Å². The van der Waals surface area contributed by atoms with E-state index in [0.29, 0.717) is 16.9 Å². The van der Waals surface area contributed by atoms with Gasteiger partial charge in [-0.15, -0.1) is 0 Å². The number of carbonyl (C=O) groups excluding carboxylic acids is 1. The van der Waals surface area contributed by atoms with Gasteiger partial charge in [0.15, 0.2) is 0 Å². The van der Waals surface area contributed by atoms with Crippen LogP contribution >= 0.6 is 0 Å². The Kier molecular flexibility index (Phi) is 3.57. The number of hydrogen-bond acceptors (Lipinski definition) is 4. The number of rotatable bonds is 3. The van der Waals surface area contributed by atoms with E-state index >= 15 is 0 Å². The van der Waals surface area contributed by atoms with Crippen LogP contribution in [0.3, 0.4) is 0 Å². The Morgan fingerprint density at radius 2 is 2.11 bits per heavy atom. The number of aromatic nitrogens is 1. The number of anilines is 1. The van der Waals surface area contributed by atoms with Crippen molar-refractivity contribution in [1.29, 1.82) is 0 Å². The second-order valence-electron chi connectivity index (χ2n) is 3.93. The van der Waals surface area contributed by atoms with Gasteiger partial charge in [-0.25, -0.2) is 4.79 Å². The summed E-state index contributed by atoms with van der Waals surface area (Å²) in [6, 6.07) is 10.7. The third kappa shape index (κ3) is 2.66. The van der Waals surface area contributed by atoms with E-state index in [1.165, 1.54) is 0 Å². The van der Waals surface area contributed by atoms with Crippen LogP contribution < -0.4 is 5.73 Å². The second-order valence-corrected chi connectivity index (χ2v) is 3.93. The van der Waals surface area contributed by atoms with Gasteiger partial charge in [0.25, 0.3) is 0 Å². The highest BCUT2D eigenvalue weighted by atomic mass is 16.5.